The fourth-order valence-corrected chi connectivity index (χ4v) is 1.60. The molecule has 0 fully saturated rings. The average Bonchev–Trinajstić information content (AvgIpc) is 2.71. The second kappa shape index (κ2) is 4.99. The first-order chi connectivity index (χ1) is 7.90. The van der Waals surface area contributed by atoms with Crippen LogP contribution in [0.25, 0.3) is 0 Å². The molecule has 0 bridgehead atoms. The number of esters is 1. The Hall–Kier alpha value is -1.85. The highest BCUT2D eigenvalue weighted by atomic mass is 16.5. The van der Waals surface area contributed by atoms with Gasteiger partial charge >= 0.3 is 5.97 Å². The zero-order valence-corrected chi connectivity index (χ0v) is 10.7. The van der Waals surface area contributed by atoms with E-state index >= 15 is 0 Å². The molecule has 0 amide bonds. The van der Waals surface area contributed by atoms with Crippen LogP contribution in [-0.2, 0) is 9.53 Å². The maximum absolute atomic E-state index is 11.6. The summed E-state index contributed by atoms with van der Waals surface area (Å²) in [5.74, 6) is 0.00501. The highest BCUT2D eigenvalue weighted by Gasteiger charge is 2.24. The van der Waals surface area contributed by atoms with Crippen molar-refractivity contribution in [3.63, 3.8) is 0 Å². The molecule has 0 aliphatic rings. The molecular weight excluding hydrogens is 222 g/mol. The number of ether oxygens (including phenoxy) is 1. The predicted octanol–water partition coefficient (Wildman–Crippen LogP) is 0.886. The van der Waals surface area contributed by atoms with Crippen LogP contribution >= 0.6 is 0 Å². The Bertz CT molecular complexity index is 437. The second-order valence-corrected chi connectivity index (χ2v) is 3.97. The van der Waals surface area contributed by atoms with Crippen LogP contribution in [0.5, 0.6) is 0 Å². The lowest BCUT2D eigenvalue weighted by molar-refractivity contribution is -0.144. The molecule has 6 nitrogen and oxygen atoms in total. The Morgan fingerprint density at radius 2 is 2.06 bits per heavy atom. The highest BCUT2D eigenvalue weighted by Crippen LogP contribution is 2.21. The fourth-order valence-electron chi connectivity index (χ4n) is 1.60. The molecule has 1 heterocycles. The Labute approximate surface area is 100 Å². The molecule has 0 saturated carbocycles. The topological polar surface area (TPSA) is 64.4 Å². The Morgan fingerprint density at radius 3 is 2.47 bits per heavy atom. The fraction of sp³-hybridized carbons (Fsp3) is 0.545. The van der Waals surface area contributed by atoms with E-state index in [1.807, 2.05) is 0 Å². The number of imidazole rings is 1. The van der Waals surface area contributed by atoms with Gasteiger partial charge in [0.1, 0.15) is 11.7 Å². The van der Waals surface area contributed by atoms with E-state index in [4.69, 9.17) is 0 Å². The Balaban J connectivity index is 3.26. The van der Waals surface area contributed by atoms with Crippen molar-refractivity contribution in [1.82, 2.24) is 9.55 Å². The van der Waals surface area contributed by atoms with Gasteiger partial charge in [-0.25, -0.2) is 9.78 Å². The molecule has 0 saturated heterocycles. The maximum atomic E-state index is 11.6. The van der Waals surface area contributed by atoms with Gasteiger partial charge < -0.3 is 14.2 Å². The number of anilines is 1. The number of ketones is 1. The number of nitrogens with zero attached hydrogens (tertiary/aromatic N) is 3. The molecule has 1 rings (SSSR count). The quantitative estimate of drug-likeness (QED) is 0.576. The van der Waals surface area contributed by atoms with E-state index in [9.17, 15) is 9.59 Å². The summed E-state index contributed by atoms with van der Waals surface area (Å²) in [5.41, 5.74) is 0.410. The van der Waals surface area contributed by atoms with Gasteiger partial charge in [-0.1, -0.05) is 0 Å². The monoisotopic (exact) mass is 239 g/mol. The zero-order chi connectivity index (χ0) is 13.2. The van der Waals surface area contributed by atoms with Crippen LogP contribution < -0.4 is 4.90 Å². The lowest BCUT2D eigenvalue weighted by atomic mass is 10.2. The molecule has 1 aromatic heterocycles. The van der Waals surface area contributed by atoms with Crippen molar-refractivity contribution >= 4 is 17.6 Å². The van der Waals surface area contributed by atoms with Crippen molar-refractivity contribution in [1.29, 1.82) is 0 Å². The van der Waals surface area contributed by atoms with E-state index in [2.05, 4.69) is 9.72 Å². The summed E-state index contributed by atoms with van der Waals surface area (Å²) >= 11 is 0. The normalized spacial score (nSPS) is 12.1. The standard InChI is InChI=1S/C11H17N3O3/c1-7(11(16)17-5)14-6-12-10(13(3)4)9(14)8(2)15/h6-7H,1-5H3. The number of hydrogen-bond acceptors (Lipinski definition) is 5. The van der Waals surface area contributed by atoms with Crippen LogP contribution in [0.2, 0.25) is 0 Å². The molecule has 0 N–H and O–H groups in total. The van der Waals surface area contributed by atoms with Crippen molar-refractivity contribution in [2.24, 2.45) is 0 Å². The molecule has 17 heavy (non-hydrogen) atoms. The molecule has 94 valence electrons. The molecular formula is C11H17N3O3. The summed E-state index contributed by atoms with van der Waals surface area (Å²) in [6.07, 6.45) is 1.48. The SMILES string of the molecule is COC(=O)C(C)n1cnc(N(C)C)c1C(C)=O. The van der Waals surface area contributed by atoms with Crippen LogP contribution in [0.4, 0.5) is 5.82 Å². The number of methoxy groups -OCH3 is 1. The van der Waals surface area contributed by atoms with E-state index < -0.39 is 12.0 Å². The van der Waals surface area contributed by atoms with Crippen molar-refractivity contribution in [2.45, 2.75) is 19.9 Å². The minimum absolute atomic E-state index is 0.137. The van der Waals surface area contributed by atoms with Gasteiger partial charge in [-0.2, -0.15) is 0 Å². The van der Waals surface area contributed by atoms with E-state index in [0.717, 1.165) is 0 Å². The molecule has 1 unspecified atom stereocenters. The van der Waals surface area contributed by atoms with Crippen LogP contribution in [0.3, 0.4) is 0 Å². The third kappa shape index (κ3) is 2.46. The van der Waals surface area contributed by atoms with E-state index in [0.29, 0.717) is 11.5 Å². The van der Waals surface area contributed by atoms with Crippen LogP contribution in [0.1, 0.15) is 30.4 Å². The summed E-state index contributed by atoms with van der Waals surface area (Å²) in [5, 5.41) is 0. The first kappa shape index (κ1) is 13.2. The molecule has 1 aromatic rings. The van der Waals surface area contributed by atoms with Crippen LogP contribution in [0, 0.1) is 0 Å². The van der Waals surface area contributed by atoms with E-state index in [-0.39, 0.29) is 5.78 Å². The van der Waals surface area contributed by atoms with Crippen LogP contribution in [-0.4, -0.2) is 42.5 Å². The zero-order valence-electron chi connectivity index (χ0n) is 10.7. The molecule has 0 aromatic carbocycles. The van der Waals surface area contributed by atoms with Gasteiger partial charge in [0.25, 0.3) is 0 Å². The Kier molecular flexibility index (Phi) is 3.88. The number of carbonyl (C=O) groups is 2. The smallest absolute Gasteiger partial charge is 0.328 e. The number of aromatic nitrogens is 2. The summed E-state index contributed by atoms with van der Waals surface area (Å²) in [4.78, 5) is 29.0. The minimum Gasteiger partial charge on any atom is -0.467 e. The lowest BCUT2D eigenvalue weighted by Gasteiger charge is -2.15. The molecule has 6 heteroatoms. The molecule has 1 atom stereocenters. The minimum atomic E-state index is -0.569. The van der Waals surface area contributed by atoms with Gasteiger partial charge in [-0.3, -0.25) is 4.79 Å². The Morgan fingerprint density at radius 1 is 1.47 bits per heavy atom. The van der Waals surface area contributed by atoms with Crippen LogP contribution in [0.15, 0.2) is 6.33 Å². The summed E-state index contributed by atoms with van der Waals surface area (Å²) < 4.78 is 6.19. The lowest BCUT2D eigenvalue weighted by Crippen LogP contribution is -2.22. The van der Waals surface area contributed by atoms with Gasteiger partial charge in [0.05, 0.1) is 13.4 Å². The molecule has 0 aliphatic carbocycles. The third-order valence-electron chi connectivity index (χ3n) is 2.49. The first-order valence-corrected chi connectivity index (χ1v) is 5.23. The average molecular weight is 239 g/mol. The molecule has 0 spiro atoms. The molecule has 0 radical (unpaired) electrons. The predicted molar refractivity (Wildman–Crippen MR) is 63.3 cm³/mol. The van der Waals surface area contributed by atoms with Gasteiger partial charge in [0, 0.05) is 21.0 Å². The third-order valence-corrected chi connectivity index (χ3v) is 2.49. The van der Waals surface area contributed by atoms with Crippen molar-refractivity contribution in [3.05, 3.63) is 12.0 Å². The van der Waals surface area contributed by atoms with E-state index in [1.165, 1.54) is 24.9 Å². The number of Topliss-reactive ketones (excluding diaryl/α,β-unsaturated/α-hetero) is 1. The van der Waals surface area contributed by atoms with Gasteiger partial charge in [-0.15, -0.1) is 0 Å². The summed E-state index contributed by atoms with van der Waals surface area (Å²) in [7, 11) is 4.90. The van der Waals surface area contributed by atoms with E-state index in [1.54, 1.807) is 25.9 Å². The van der Waals surface area contributed by atoms with Gasteiger partial charge in [-0.05, 0) is 6.92 Å². The maximum Gasteiger partial charge on any atom is 0.328 e. The van der Waals surface area contributed by atoms with Crippen molar-refractivity contribution in [2.75, 3.05) is 26.1 Å². The van der Waals surface area contributed by atoms with Gasteiger partial charge in [0.2, 0.25) is 0 Å². The van der Waals surface area contributed by atoms with Crippen molar-refractivity contribution in [3.8, 4) is 0 Å². The molecule has 0 aliphatic heterocycles. The number of hydrogen-bond donors (Lipinski definition) is 0. The summed E-state index contributed by atoms with van der Waals surface area (Å²) in [6, 6.07) is -0.569. The number of carbonyl (C=O) groups excluding carboxylic acids is 2. The largest absolute Gasteiger partial charge is 0.467 e. The first-order valence-electron chi connectivity index (χ1n) is 5.23. The number of rotatable bonds is 4. The highest BCUT2D eigenvalue weighted by molar-refractivity contribution is 5.97. The summed E-state index contributed by atoms with van der Waals surface area (Å²) in [6.45, 7) is 3.11. The van der Waals surface area contributed by atoms with Crippen molar-refractivity contribution < 1.29 is 14.3 Å². The second-order valence-electron chi connectivity index (χ2n) is 3.97. The van der Waals surface area contributed by atoms with Gasteiger partial charge in [0.15, 0.2) is 11.6 Å².